The van der Waals surface area contributed by atoms with Crippen LogP contribution in [-0.4, -0.2) is 33.5 Å². The molecule has 30 heavy (non-hydrogen) atoms. The Hall–Kier alpha value is -3.74. The standard InChI is InChI=1S/C23H20FN5O/c24-18-2-4-20-17(12-18)13-21(29(20)15-16-6-8-25-9-7-16)23(30)27-19-3-5-22(26-14-19)28-10-1-11-28/h2-9,12-14H,1,10-11,15H2,(H,27,30). The van der Waals surface area contributed by atoms with E-state index in [9.17, 15) is 9.18 Å². The number of carbonyl (C=O) groups excluding carboxylic acids is 1. The predicted molar refractivity (Wildman–Crippen MR) is 114 cm³/mol. The van der Waals surface area contributed by atoms with Crippen molar-refractivity contribution in [1.82, 2.24) is 14.5 Å². The Morgan fingerprint density at radius 1 is 1.07 bits per heavy atom. The lowest BCUT2D eigenvalue weighted by atomic mass is 10.2. The molecule has 0 saturated carbocycles. The van der Waals surface area contributed by atoms with Crippen molar-refractivity contribution in [2.75, 3.05) is 23.3 Å². The van der Waals surface area contributed by atoms with Crippen LogP contribution in [-0.2, 0) is 6.54 Å². The minimum Gasteiger partial charge on any atom is -0.356 e. The maximum absolute atomic E-state index is 13.8. The van der Waals surface area contributed by atoms with Gasteiger partial charge in [0, 0.05) is 42.9 Å². The zero-order valence-corrected chi connectivity index (χ0v) is 16.3. The smallest absolute Gasteiger partial charge is 0.272 e. The molecule has 0 bridgehead atoms. The molecule has 1 aromatic carbocycles. The number of halogens is 1. The molecule has 4 heterocycles. The van der Waals surface area contributed by atoms with Crippen LogP contribution >= 0.6 is 0 Å². The van der Waals surface area contributed by atoms with Crippen LogP contribution in [0.3, 0.4) is 0 Å². The van der Waals surface area contributed by atoms with E-state index in [2.05, 4.69) is 20.2 Å². The van der Waals surface area contributed by atoms with Crippen molar-refractivity contribution in [1.29, 1.82) is 0 Å². The van der Waals surface area contributed by atoms with Crippen LogP contribution in [0.15, 0.2) is 67.1 Å². The number of rotatable bonds is 5. The van der Waals surface area contributed by atoms with E-state index in [1.807, 2.05) is 28.8 Å². The van der Waals surface area contributed by atoms with Gasteiger partial charge in [-0.2, -0.15) is 0 Å². The summed E-state index contributed by atoms with van der Waals surface area (Å²) in [5.41, 5.74) is 2.88. The fraction of sp³-hybridized carbons (Fsp3) is 0.174. The fourth-order valence-corrected chi connectivity index (χ4v) is 3.66. The van der Waals surface area contributed by atoms with Crippen molar-refractivity contribution in [2.24, 2.45) is 0 Å². The first kappa shape index (κ1) is 18.3. The minimum atomic E-state index is -0.332. The summed E-state index contributed by atoms with van der Waals surface area (Å²) >= 11 is 0. The second kappa shape index (κ2) is 7.59. The largest absolute Gasteiger partial charge is 0.356 e. The van der Waals surface area contributed by atoms with Gasteiger partial charge in [0.05, 0.1) is 11.9 Å². The van der Waals surface area contributed by atoms with Gasteiger partial charge in [0.2, 0.25) is 0 Å². The summed E-state index contributed by atoms with van der Waals surface area (Å²) in [4.78, 5) is 23.8. The normalized spacial score (nSPS) is 13.3. The molecule has 4 aromatic rings. The molecule has 0 aliphatic carbocycles. The van der Waals surface area contributed by atoms with E-state index in [1.165, 1.54) is 18.6 Å². The van der Waals surface area contributed by atoms with E-state index < -0.39 is 0 Å². The first-order chi connectivity index (χ1) is 14.7. The molecule has 150 valence electrons. The molecule has 6 nitrogen and oxygen atoms in total. The quantitative estimate of drug-likeness (QED) is 0.547. The third-order valence-electron chi connectivity index (χ3n) is 5.37. The number of anilines is 2. The van der Waals surface area contributed by atoms with Crippen molar-refractivity contribution in [2.45, 2.75) is 13.0 Å². The van der Waals surface area contributed by atoms with Crippen LogP contribution < -0.4 is 10.2 Å². The van der Waals surface area contributed by atoms with Crippen LogP contribution in [0.5, 0.6) is 0 Å². The Kier molecular flexibility index (Phi) is 4.63. The number of hydrogen-bond donors (Lipinski definition) is 1. The molecule has 1 aliphatic heterocycles. The first-order valence-electron chi connectivity index (χ1n) is 9.87. The second-order valence-electron chi connectivity index (χ2n) is 7.37. The highest BCUT2D eigenvalue weighted by atomic mass is 19.1. The highest BCUT2D eigenvalue weighted by molar-refractivity contribution is 6.06. The van der Waals surface area contributed by atoms with Crippen molar-refractivity contribution in [3.05, 3.63) is 84.2 Å². The van der Waals surface area contributed by atoms with E-state index in [0.29, 0.717) is 23.3 Å². The van der Waals surface area contributed by atoms with Gasteiger partial charge >= 0.3 is 0 Å². The van der Waals surface area contributed by atoms with Crippen LogP contribution in [0.25, 0.3) is 10.9 Å². The van der Waals surface area contributed by atoms with Gasteiger partial charge in [0.25, 0.3) is 5.91 Å². The van der Waals surface area contributed by atoms with Gasteiger partial charge < -0.3 is 14.8 Å². The van der Waals surface area contributed by atoms with Gasteiger partial charge in [-0.1, -0.05) is 0 Å². The van der Waals surface area contributed by atoms with E-state index in [0.717, 1.165) is 30.0 Å². The third kappa shape index (κ3) is 3.50. The Morgan fingerprint density at radius 3 is 2.60 bits per heavy atom. The highest BCUT2D eigenvalue weighted by Gasteiger charge is 2.18. The molecule has 3 aromatic heterocycles. The molecule has 5 rings (SSSR count). The van der Waals surface area contributed by atoms with Crippen LogP contribution in [0.4, 0.5) is 15.9 Å². The summed E-state index contributed by atoms with van der Waals surface area (Å²) < 4.78 is 15.6. The average Bonchev–Trinajstić information content (AvgIpc) is 3.06. The summed E-state index contributed by atoms with van der Waals surface area (Å²) in [5.74, 6) is 0.321. The lowest BCUT2D eigenvalue weighted by Gasteiger charge is -2.31. The number of nitrogens with zero attached hydrogens (tertiary/aromatic N) is 4. The summed E-state index contributed by atoms with van der Waals surface area (Å²) in [5, 5.41) is 3.60. The van der Waals surface area contributed by atoms with Crippen molar-refractivity contribution in [3.8, 4) is 0 Å². The molecule has 0 spiro atoms. The number of benzene rings is 1. The van der Waals surface area contributed by atoms with Crippen LogP contribution in [0.2, 0.25) is 0 Å². The molecule has 1 aliphatic rings. The Balaban J connectivity index is 1.46. The second-order valence-corrected chi connectivity index (χ2v) is 7.37. The van der Waals surface area contributed by atoms with Gasteiger partial charge in [-0.15, -0.1) is 0 Å². The maximum atomic E-state index is 13.8. The molecule has 0 atom stereocenters. The van der Waals surface area contributed by atoms with Crippen LogP contribution in [0, 0.1) is 5.82 Å². The van der Waals surface area contributed by atoms with E-state index in [-0.39, 0.29) is 11.7 Å². The lowest BCUT2D eigenvalue weighted by Crippen LogP contribution is -2.37. The number of pyridine rings is 2. The zero-order chi connectivity index (χ0) is 20.5. The molecule has 0 radical (unpaired) electrons. The predicted octanol–water partition coefficient (Wildman–Crippen LogP) is 4.08. The number of fused-ring (bicyclic) bond motifs is 1. The number of aromatic nitrogens is 3. The van der Waals surface area contributed by atoms with Gasteiger partial charge in [-0.25, -0.2) is 9.37 Å². The summed E-state index contributed by atoms with van der Waals surface area (Å²) in [6.45, 7) is 2.52. The number of amides is 1. The molecule has 7 heteroatoms. The Morgan fingerprint density at radius 2 is 1.90 bits per heavy atom. The number of hydrogen-bond acceptors (Lipinski definition) is 4. The Labute approximate surface area is 173 Å². The molecule has 1 fully saturated rings. The third-order valence-corrected chi connectivity index (χ3v) is 5.37. The number of carbonyl (C=O) groups is 1. The molecule has 1 amide bonds. The van der Waals surface area contributed by atoms with E-state index in [4.69, 9.17) is 0 Å². The summed E-state index contributed by atoms with van der Waals surface area (Å²) in [6.07, 6.45) is 6.28. The average molecular weight is 401 g/mol. The lowest BCUT2D eigenvalue weighted by molar-refractivity contribution is 0.101. The molecular weight excluding hydrogens is 381 g/mol. The zero-order valence-electron chi connectivity index (χ0n) is 16.3. The topological polar surface area (TPSA) is 63.1 Å². The fourth-order valence-electron chi connectivity index (χ4n) is 3.66. The maximum Gasteiger partial charge on any atom is 0.272 e. The SMILES string of the molecule is O=C(Nc1ccc(N2CCC2)nc1)c1cc2cc(F)ccc2n1Cc1ccncc1. The summed E-state index contributed by atoms with van der Waals surface area (Å²) in [7, 11) is 0. The number of nitrogens with one attached hydrogen (secondary N) is 1. The van der Waals surface area contributed by atoms with Crippen molar-refractivity contribution >= 4 is 28.3 Å². The van der Waals surface area contributed by atoms with Crippen molar-refractivity contribution < 1.29 is 9.18 Å². The van der Waals surface area contributed by atoms with E-state index >= 15 is 0 Å². The monoisotopic (exact) mass is 401 g/mol. The molecule has 1 saturated heterocycles. The van der Waals surface area contributed by atoms with Gasteiger partial charge in [-0.05, 0) is 60.5 Å². The van der Waals surface area contributed by atoms with E-state index in [1.54, 1.807) is 30.7 Å². The molecule has 1 N–H and O–H groups in total. The Bertz CT molecular complexity index is 1200. The van der Waals surface area contributed by atoms with Gasteiger partial charge in [0.15, 0.2) is 0 Å². The highest BCUT2D eigenvalue weighted by Crippen LogP contribution is 2.24. The molecular formula is C23H20FN5O. The van der Waals surface area contributed by atoms with Gasteiger partial charge in [0.1, 0.15) is 17.3 Å². The van der Waals surface area contributed by atoms with Gasteiger partial charge in [-0.3, -0.25) is 9.78 Å². The van der Waals surface area contributed by atoms with Crippen molar-refractivity contribution in [3.63, 3.8) is 0 Å². The summed E-state index contributed by atoms with van der Waals surface area (Å²) in [6, 6.07) is 13.8. The van der Waals surface area contributed by atoms with Crippen LogP contribution in [0.1, 0.15) is 22.5 Å². The molecule has 0 unspecified atom stereocenters. The first-order valence-corrected chi connectivity index (χ1v) is 9.87. The minimum absolute atomic E-state index is 0.265.